The number of hydrogen-bond acceptors (Lipinski definition) is 0. The Balaban J connectivity index is -0.0000000747. The molecule has 1 aromatic carbocycles. The van der Waals surface area contributed by atoms with Crippen molar-refractivity contribution in [1.29, 1.82) is 0 Å². The Morgan fingerprint density at radius 3 is 1.18 bits per heavy atom. The average molecular weight is 401 g/mol. The van der Waals surface area contributed by atoms with Crippen molar-refractivity contribution in [2.45, 2.75) is 48.5 Å². The zero-order valence-corrected chi connectivity index (χ0v) is 16.4. The van der Waals surface area contributed by atoms with Crippen LogP contribution in [-0.2, 0) is 25.8 Å². The van der Waals surface area contributed by atoms with Crippen molar-refractivity contribution in [1.82, 2.24) is 0 Å². The second-order valence-electron chi connectivity index (χ2n) is 4.21. The van der Waals surface area contributed by atoms with Gasteiger partial charge in [0, 0.05) is 0 Å². The molecule has 0 aliphatic rings. The predicted molar refractivity (Wildman–Crippen MR) is 78.1 cm³/mol. The average Bonchev–Trinajstić information content (AvgIpc) is 2.80. The van der Waals surface area contributed by atoms with E-state index in [1.165, 1.54) is 5.92 Å². The smallest absolute Gasteiger partial charge is 0.346 e. The first kappa shape index (κ1) is 25.9. The molecule has 0 nitrogen and oxygen atoms in total. The fourth-order valence-electron chi connectivity index (χ4n) is 0.321. The maximum Gasteiger partial charge on any atom is 4.00 e. The van der Waals surface area contributed by atoms with Crippen molar-refractivity contribution >= 4 is 0 Å². The molecular weight excluding hydrogens is 371 g/mol. The normalized spacial score (nSPS) is 8.35. The third kappa shape index (κ3) is 26.1. The van der Waals surface area contributed by atoms with Crippen molar-refractivity contribution in [2.24, 2.45) is 5.41 Å². The Morgan fingerprint density at radius 1 is 0.882 bits per heavy atom. The van der Waals surface area contributed by atoms with Gasteiger partial charge in [-0.15, -0.1) is 0 Å². The summed E-state index contributed by atoms with van der Waals surface area (Å²) in [5.74, 6) is 1.49. The maximum atomic E-state index is 3.25. The van der Waals surface area contributed by atoms with Crippen LogP contribution in [-0.4, -0.2) is 0 Å². The summed E-state index contributed by atoms with van der Waals surface area (Å²) < 4.78 is 0. The van der Waals surface area contributed by atoms with Gasteiger partial charge >= 0.3 is 25.8 Å². The Hall–Kier alpha value is 0.220. The summed E-state index contributed by atoms with van der Waals surface area (Å²) in [6, 6.07) is 10.0. The molecule has 0 heterocycles. The van der Waals surface area contributed by atoms with Crippen molar-refractivity contribution < 1.29 is 25.8 Å². The van der Waals surface area contributed by atoms with Crippen LogP contribution in [0.2, 0.25) is 0 Å². The van der Waals surface area contributed by atoms with Gasteiger partial charge in [0.1, 0.15) is 0 Å². The summed E-state index contributed by atoms with van der Waals surface area (Å²) in [6.07, 6.45) is 0. The monoisotopic (exact) mass is 402 g/mol. The molecule has 0 amide bonds. The van der Waals surface area contributed by atoms with Gasteiger partial charge in [-0.25, -0.2) is 12.1 Å². The van der Waals surface area contributed by atoms with E-state index in [1.54, 1.807) is 13.8 Å². The van der Waals surface area contributed by atoms with E-state index in [2.05, 4.69) is 48.5 Å². The molecule has 1 aromatic rings. The quantitative estimate of drug-likeness (QED) is 0.385. The molecule has 1 rings (SSSR count). The second-order valence-corrected chi connectivity index (χ2v) is 4.21. The molecule has 0 bridgehead atoms. The molecule has 98 valence electrons. The second kappa shape index (κ2) is 18.6. The third-order valence-electron chi connectivity index (χ3n) is 2.06. The van der Waals surface area contributed by atoms with E-state index in [0.717, 1.165) is 0 Å². The molecule has 0 radical (unpaired) electrons. The molecule has 0 atom stereocenters. The van der Waals surface area contributed by atoms with Crippen LogP contribution in [0.5, 0.6) is 0 Å². The molecule has 0 aliphatic carbocycles. The molecule has 0 spiro atoms. The summed E-state index contributed by atoms with van der Waals surface area (Å²) in [7, 11) is 0. The van der Waals surface area contributed by atoms with Crippen molar-refractivity contribution in [3.63, 3.8) is 0 Å². The van der Waals surface area contributed by atoms with Crippen LogP contribution >= 0.6 is 0 Å². The summed E-state index contributed by atoms with van der Waals surface area (Å²) >= 11 is 0. The Kier molecular flexibility index (Phi) is 28.3. The van der Waals surface area contributed by atoms with E-state index in [1.807, 2.05) is 30.3 Å². The molecule has 0 saturated carbocycles. The van der Waals surface area contributed by atoms with Gasteiger partial charge in [0.15, 0.2) is 0 Å². The minimum atomic E-state index is 0. The van der Waals surface area contributed by atoms with Gasteiger partial charge in [-0.2, -0.15) is 51.3 Å². The molecule has 0 saturated heterocycles. The van der Waals surface area contributed by atoms with Gasteiger partial charge in [-0.05, 0) is 0 Å². The van der Waals surface area contributed by atoms with Crippen LogP contribution in [0, 0.1) is 25.2 Å². The topological polar surface area (TPSA) is 0 Å². The predicted octanol–water partition coefficient (Wildman–Crippen LogP) is 5.73. The van der Waals surface area contributed by atoms with E-state index < -0.39 is 0 Å². The maximum absolute atomic E-state index is 3.25. The zero-order chi connectivity index (χ0) is 13.6. The number of hydrogen-bond donors (Lipinski definition) is 0. The van der Waals surface area contributed by atoms with E-state index in [4.69, 9.17) is 0 Å². The molecule has 0 N–H and O–H groups in total. The van der Waals surface area contributed by atoms with Crippen molar-refractivity contribution in [3.05, 3.63) is 50.1 Å². The van der Waals surface area contributed by atoms with Crippen molar-refractivity contribution in [2.75, 3.05) is 0 Å². The Morgan fingerprint density at radius 2 is 1.12 bits per heavy atom. The van der Waals surface area contributed by atoms with Crippen LogP contribution in [0.15, 0.2) is 30.3 Å². The molecule has 17 heavy (non-hydrogen) atoms. The summed E-state index contributed by atoms with van der Waals surface area (Å²) in [6.45, 7) is 21.0. The zero-order valence-electron chi connectivity index (χ0n) is 12.8. The van der Waals surface area contributed by atoms with Crippen LogP contribution in [0.4, 0.5) is 0 Å². The van der Waals surface area contributed by atoms with Gasteiger partial charge in [0.05, 0.1) is 0 Å². The molecular formula is C16H30Hf. The van der Waals surface area contributed by atoms with Gasteiger partial charge in [-0.3, -0.25) is 0 Å². The Bertz CT molecular complexity index is 151. The SMILES string of the molecule is C[C-](C)C(C)(C)C.[CH2-]C.[CH2-]C.[Hf+4].c1cc[cH-]c1. The molecule has 0 fully saturated rings. The summed E-state index contributed by atoms with van der Waals surface area (Å²) in [5, 5.41) is 0. The first-order valence-electron chi connectivity index (χ1n) is 5.83. The van der Waals surface area contributed by atoms with Crippen LogP contribution < -0.4 is 0 Å². The standard InChI is InChI=1S/C7H15.C5H5.2C2H5.Hf/c1-6(2)7(3,4)5;1-2-4-5-3-1;2*1-2;/h1-5H3;1-5H;2*1H2,2H3;/q4*-1;+4. The van der Waals surface area contributed by atoms with E-state index >= 15 is 0 Å². The van der Waals surface area contributed by atoms with Crippen LogP contribution in [0.3, 0.4) is 0 Å². The largest absolute Gasteiger partial charge is 4.00 e. The first-order chi connectivity index (χ1) is 7.44. The minimum absolute atomic E-state index is 0. The van der Waals surface area contributed by atoms with E-state index in [0.29, 0.717) is 5.41 Å². The Labute approximate surface area is 129 Å². The van der Waals surface area contributed by atoms with Crippen LogP contribution in [0.1, 0.15) is 48.5 Å². The number of rotatable bonds is 0. The summed E-state index contributed by atoms with van der Waals surface area (Å²) in [5.41, 5.74) is 0.417. The third-order valence-corrected chi connectivity index (χ3v) is 2.06. The van der Waals surface area contributed by atoms with E-state index in [9.17, 15) is 0 Å². The fourth-order valence-corrected chi connectivity index (χ4v) is 0.321. The van der Waals surface area contributed by atoms with Gasteiger partial charge < -0.3 is 19.8 Å². The molecule has 0 unspecified atom stereocenters. The fraction of sp³-hybridized carbons (Fsp3) is 0.500. The minimum Gasteiger partial charge on any atom is -0.346 e. The molecule has 1 heteroatoms. The van der Waals surface area contributed by atoms with Crippen LogP contribution in [0.25, 0.3) is 0 Å². The molecule has 0 aliphatic heterocycles. The van der Waals surface area contributed by atoms with Gasteiger partial charge in [-0.1, -0.05) is 20.8 Å². The molecule has 0 aromatic heterocycles. The first-order valence-corrected chi connectivity index (χ1v) is 5.83. The van der Waals surface area contributed by atoms with E-state index in [-0.39, 0.29) is 25.8 Å². The van der Waals surface area contributed by atoms with Crippen molar-refractivity contribution in [3.8, 4) is 0 Å². The summed E-state index contributed by atoms with van der Waals surface area (Å²) in [4.78, 5) is 0. The van der Waals surface area contributed by atoms with Gasteiger partial charge in [0.2, 0.25) is 0 Å². The van der Waals surface area contributed by atoms with Gasteiger partial charge in [0.25, 0.3) is 0 Å².